The van der Waals surface area contributed by atoms with E-state index in [1.807, 2.05) is 6.92 Å². The van der Waals surface area contributed by atoms with Crippen molar-refractivity contribution < 1.29 is 19.2 Å². The van der Waals surface area contributed by atoms with Crippen LogP contribution in [0.1, 0.15) is 25.8 Å². The number of benzene rings is 1. The first-order chi connectivity index (χ1) is 11.8. The number of nitrogens with zero attached hydrogens (tertiary/aromatic N) is 3. The van der Waals surface area contributed by atoms with Gasteiger partial charge in [0.05, 0.1) is 5.41 Å². The van der Waals surface area contributed by atoms with E-state index in [-0.39, 0.29) is 6.42 Å². The summed E-state index contributed by atoms with van der Waals surface area (Å²) in [6, 6.07) is 8.24. The Morgan fingerprint density at radius 1 is 1.04 bits per heavy atom. The zero-order valence-electron chi connectivity index (χ0n) is 14.8. The number of carbonyl (C=O) groups is 3. The smallest absolute Gasteiger partial charge is 0.368 e. The Kier molecular flexibility index (Phi) is 4.41. The van der Waals surface area contributed by atoms with Crippen molar-refractivity contribution in [1.29, 1.82) is 0 Å². The monoisotopic (exact) mass is 345 g/mol. The van der Waals surface area contributed by atoms with Crippen molar-refractivity contribution in [1.82, 2.24) is 9.96 Å². The van der Waals surface area contributed by atoms with Crippen LogP contribution in [0.15, 0.2) is 24.3 Å². The van der Waals surface area contributed by atoms with E-state index >= 15 is 0 Å². The van der Waals surface area contributed by atoms with Crippen molar-refractivity contribution in [2.45, 2.75) is 27.2 Å². The first-order valence-corrected chi connectivity index (χ1v) is 8.44. The average Bonchev–Trinajstić information content (AvgIpc) is 2.77. The van der Waals surface area contributed by atoms with E-state index in [2.05, 4.69) is 29.2 Å². The molecule has 0 N–H and O–H groups in total. The molecule has 2 aliphatic rings. The second-order valence-corrected chi connectivity index (χ2v) is 7.22. The third kappa shape index (κ3) is 3.45. The zero-order chi connectivity index (χ0) is 18.2. The van der Waals surface area contributed by atoms with Gasteiger partial charge in [0.1, 0.15) is 0 Å². The van der Waals surface area contributed by atoms with Crippen LogP contribution in [0.4, 0.5) is 10.5 Å². The van der Waals surface area contributed by atoms with Crippen molar-refractivity contribution in [3.63, 3.8) is 0 Å². The molecule has 0 atom stereocenters. The van der Waals surface area contributed by atoms with E-state index in [1.165, 1.54) is 10.5 Å². The van der Waals surface area contributed by atoms with Crippen molar-refractivity contribution in [3.8, 4) is 0 Å². The minimum Gasteiger partial charge on any atom is -0.368 e. The lowest BCUT2D eigenvalue weighted by Crippen LogP contribution is -2.50. The van der Waals surface area contributed by atoms with Gasteiger partial charge in [-0.25, -0.2) is 4.79 Å². The Balaban J connectivity index is 1.56. The molecule has 0 radical (unpaired) electrons. The van der Waals surface area contributed by atoms with Crippen molar-refractivity contribution >= 4 is 23.6 Å². The number of aryl methyl sites for hydroxylation is 1. The quantitative estimate of drug-likeness (QED) is 0.766. The summed E-state index contributed by atoms with van der Waals surface area (Å²) in [6.07, 6.45) is -0.594. The molecule has 134 valence electrons. The topological polar surface area (TPSA) is 70.2 Å². The summed E-state index contributed by atoms with van der Waals surface area (Å²) in [5.74, 6) is -0.939. The van der Waals surface area contributed by atoms with Crippen molar-refractivity contribution in [2.24, 2.45) is 5.41 Å². The molecule has 0 saturated carbocycles. The molecule has 7 nitrogen and oxygen atoms in total. The van der Waals surface area contributed by atoms with Crippen LogP contribution in [0, 0.1) is 12.3 Å². The van der Waals surface area contributed by atoms with Crippen LogP contribution < -0.4 is 4.90 Å². The summed E-state index contributed by atoms with van der Waals surface area (Å²) in [4.78, 5) is 45.1. The standard InChI is InChI=1S/C18H23N3O4/c1-13-4-6-14(7-5-13)19-8-10-20(11-9-19)17(24)25-21-15(22)12-18(2,3)16(21)23/h4-7H,8-12H2,1-3H3. The molecule has 0 aliphatic carbocycles. The molecule has 0 spiro atoms. The van der Waals surface area contributed by atoms with Gasteiger partial charge >= 0.3 is 6.09 Å². The Bertz CT molecular complexity index is 691. The zero-order valence-corrected chi connectivity index (χ0v) is 14.8. The molecule has 7 heteroatoms. The predicted molar refractivity (Wildman–Crippen MR) is 91.7 cm³/mol. The fourth-order valence-electron chi connectivity index (χ4n) is 3.04. The molecule has 2 fully saturated rings. The number of hydrogen-bond acceptors (Lipinski definition) is 5. The fourth-order valence-corrected chi connectivity index (χ4v) is 3.04. The fraction of sp³-hybridized carbons (Fsp3) is 0.500. The summed E-state index contributed by atoms with van der Waals surface area (Å²) in [7, 11) is 0. The van der Waals surface area contributed by atoms with E-state index < -0.39 is 23.3 Å². The van der Waals surface area contributed by atoms with E-state index in [0.717, 1.165) is 5.69 Å². The Morgan fingerprint density at radius 3 is 2.16 bits per heavy atom. The highest BCUT2D eigenvalue weighted by Gasteiger charge is 2.48. The van der Waals surface area contributed by atoms with Gasteiger partial charge in [0, 0.05) is 38.3 Å². The summed E-state index contributed by atoms with van der Waals surface area (Å²) in [6.45, 7) is 7.68. The molecule has 1 aromatic carbocycles. The SMILES string of the molecule is Cc1ccc(N2CCN(C(=O)ON3C(=O)CC(C)(C)C3=O)CC2)cc1. The molecule has 0 aromatic heterocycles. The summed E-state index contributed by atoms with van der Waals surface area (Å²) in [5.41, 5.74) is 1.50. The van der Waals surface area contributed by atoms with E-state index in [4.69, 9.17) is 4.84 Å². The maximum atomic E-state index is 12.3. The van der Waals surface area contributed by atoms with Crippen LogP contribution in [-0.2, 0) is 14.4 Å². The molecular weight excluding hydrogens is 322 g/mol. The lowest BCUT2D eigenvalue weighted by molar-refractivity contribution is -0.176. The molecule has 0 bridgehead atoms. The molecule has 2 aliphatic heterocycles. The summed E-state index contributed by atoms with van der Waals surface area (Å²) in [5, 5.41) is 0.620. The lowest BCUT2D eigenvalue weighted by Gasteiger charge is -2.35. The van der Waals surface area contributed by atoms with E-state index in [0.29, 0.717) is 31.2 Å². The van der Waals surface area contributed by atoms with Gasteiger partial charge in [-0.1, -0.05) is 31.5 Å². The van der Waals surface area contributed by atoms with Crippen molar-refractivity contribution in [2.75, 3.05) is 31.1 Å². The first kappa shape index (κ1) is 17.3. The van der Waals surface area contributed by atoms with Crippen LogP contribution in [-0.4, -0.2) is 54.0 Å². The number of imide groups is 1. The number of anilines is 1. The maximum Gasteiger partial charge on any atom is 0.434 e. The van der Waals surface area contributed by atoms with E-state index in [1.54, 1.807) is 13.8 Å². The Hall–Kier alpha value is -2.57. The largest absolute Gasteiger partial charge is 0.434 e. The second-order valence-electron chi connectivity index (χ2n) is 7.22. The number of hydrogen-bond donors (Lipinski definition) is 0. The van der Waals surface area contributed by atoms with Gasteiger partial charge in [0.2, 0.25) is 0 Å². The van der Waals surface area contributed by atoms with Crippen LogP contribution in [0.5, 0.6) is 0 Å². The Morgan fingerprint density at radius 2 is 1.64 bits per heavy atom. The molecule has 2 heterocycles. The van der Waals surface area contributed by atoms with E-state index in [9.17, 15) is 14.4 Å². The molecular formula is C18H23N3O4. The minimum absolute atomic E-state index is 0.0559. The third-order valence-corrected chi connectivity index (χ3v) is 4.69. The van der Waals surface area contributed by atoms with Gasteiger partial charge in [0.25, 0.3) is 11.8 Å². The normalized spacial score (nSPS) is 20.2. The number of rotatable bonds is 2. The van der Waals surface area contributed by atoms with Crippen LogP contribution in [0.2, 0.25) is 0 Å². The first-order valence-electron chi connectivity index (χ1n) is 8.44. The second kappa shape index (κ2) is 6.38. The molecule has 1 aromatic rings. The highest BCUT2D eigenvalue weighted by molar-refractivity contribution is 6.05. The predicted octanol–water partition coefficient (Wildman–Crippen LogP) is 1.95. The van der Waals surface area contributed by atoms with Gasteiger partial charge in [-0.15, -0.1) is 5.06 Å². The summed E-state index contributed by atoms with van der Waals surface area (Å²) < 4.78 is 0. The van der Waals surface area contributed by atoms with Crippen LogP contribution >= 0.6 is 0 Å². The lowest BCUT2D eigenvalue weighted by atomic mass is 9.92. The van der Waals surface area contributed by atoms with Gasteiger partial charge in [0.15, 0.2) is 0 Å². The maximum absolute atomic E-state index is 12.3. The molecule has 3 amide bonds. The highest BCUT2D eigenvalue weighted by atomic mass is 16.7. The molecule has 2 saturated heterocycles. The number of hydroxylamine groups is 2. The van der Waals surface area contributed by atoms with Gasteiger partial charge in [-0.05, 0) is 19.1 Å². The van der Waals surface area contributed by atoms with Gasteiger partial charge in [-0.2, -0.15) is 0 Å². The highest BCUT2D eigenvalue weighted by Crippen LogP contribution is 2.32. The minimum atomic E-state index is -0.818. The van der Waals surface area contributed by atoms with Crippen LogP contribution in [0.25, 0.3) is 0 Å². The van der Waals surface area contributed by atoms with Gasteiger partial charge < -0.3 is 14.6 Å². The average molecular weight is 345 g/mol. The summed E-state index contributed by atoms with van der Waals surface area (Å²) >= 11 is 0. The third-order valence-electron chi connectivity index (χ3n) is 4.69. The number of carbonyl (C=O) groups excluding carboxylic acids is 3. The number of amides is 3. The molecule has 25 heavy (non-hydrogen) atoms. The van der Waals surface area contributed by atoms with Crippen LogP contribution in [0.3, 0.4) is 0 Å². The molecule has 3 rings (SSSR count). The molecule has 0 unspecified atom stereocenters. The van der Waals surface area contributed by atoms with Crippen molar-refractivity contribution in [3.05, 3.63) is 29.8 Å². The number of piperazine rings is 1. The van der Waals surface area contributed by atoms with Gasteiger partial charge in [-0.3, -0.25) is 9.59 Å². The Labute approximate surface area is 147 Å².